The molecule has 1 aromatic carbocycles. The van der Waals surface area contributed by atoms with Gasteiger partial charge in [0.2, 0.25) is 11.8 Å². The van der Waals surface area contributed by atoms with Crippen LogP contribution in [0.5, 0.6) is 0 Å². The third-order valence-corrected chi connectivity index (χ3v) is 4.51. The van der Waals surface area contributed by atoms with E-state index in [0.29, 0.717) is 24.7 Å². The van der Waals surface area contributed by atoms with Crippen LogP contribution in [0, 0.1) is 5.41 Å². The van der Waals surface area contributed by atoms with E-state index in [0.717, 1.165) is 18.7 Å². The number of likely N-dealkylation sites (N-methyl/N-ethyl adjacent to an activating group) is 1. The SMILES string of the molecule is CN1CCN(C(=O)C(C)(C)C(=O)NCc2ccc(Cl)cc2)CC1. The van der Waals surface area contributed by atoms with E-state index in [1.54, 1.807) is 30.9 Å². The summed E-state index contributed by atoms with van der Waals surface area (Å²) in [5.41, 5.74) is -0.117. The molecule has 0 radical (unpaired) electrons. The fourth-order valence-corrected chi connectivity index (χ4v) is 2.63. The Morgan fingerprint density at radius 3 is 2.26 bits per heavy atom. The lowest BCUT2D eigenvalue weighted by Gasteiger charge is -2.36. The molecule has 1 heterocycles. The summed E-state index contributed by atoms with van der Waals surface area (Å²) < 4.78 is 0. The first-order valence-electron chi connectivity index (χ1n) is 7.81. The van der Waals surface area contributed by atoms with Gasteiger partial charge in [0.15, 0.2) is 0 Å². The molecule has 5 nitrogen and oxygen atoms in total. The molecule has 6 heteroatoms. The highest BCUT2D eigenvalue weighted by molar-refractivity contribution is 6.30. The maximum atomic E-state index is 12.7. The van der Waals surface area contributed by atoms with Crippen LogP contribution in [-0.4, -0.2) is 54.8 Å². The molecule has 23 heavy (non-hydrogen) atoms. The Morgan fingerprint density at radius 2 is 1.70 bits per heavy atom. The molecule has 2 amide bonds. The first kappa shape index (κ1) is 17.8. The molecule has 2 rings (SSSR count). The number of amides is 2. The van der Waals surface area contributed by atoms with Gasteiger partial charge in [-0.05, 0) is 38.6 Å². The van der Waals surface area contributed by atoms with E-state index in [4.69, 9.17) is 11.6 Å². The maximum absolute atomic E-state index is 12.7. The van der Waals surface area contributed by atoms with Crippen LogP contribution in [0.1, 0.15) is 19.4 Å². The summed E-state index contributed by atoms with van der Waals surface area (Å²) >= 11 is 5.84. The van der Waals surface area contributed by atoms with Gasteiger partial charge in [-0.15, -0.1) is 0 Å². The molecule has 0 atom stereocenters. The number of carbonyl (C=O) groups excluding carboxylic acids is 2. The predicted molar refractivity (Wildman–Crippen MR) is 91.2 cm³/mol. The van der Waals surface area contributed by atoms with Crippen LogP contribution in [0.4, 0.5) is 0 Å². The van der Waals surface area contributed by atoms with E-state index >= 15 is 0 Å². The Bertz CT molecular complexity index is 564. The highest BCUT2D eigenvalue weighted by atomic mass is 35.5. The van der Waals surface area contributed by atoms with Gasteiger partial charge in [-0.1, -0.05) is 23.7 Å². The van der Waals surface area contributed by atoms with Gasteiger partial charge in [0.1, 0.15) is 5.41 Å². The zero-order valence-corrected chi connectivity index (χ0v) is 14.7. The van der Waals surface area contributed by atoms with Crippen LogP contribution in [0.3, 0.4) is 0 Å². The molecule has 126 valence electrons. The molecular weight excluding hydrogens is 314 g/mol. The molecule has 1 aliphatic rings. The average Bonchev–Trinajstić information content (AvgIpc) is 2.54. The van der Waals surface area contributed by atoms with E-state index in [1.165, 1.54) is 0 Å². The van der Waals surface area contributed by atoms with Crippen molar-refractivity contribution in [2.24, 2.45) is 5.41 Å². The lowest BCUT2D eigenvalue weighted by atomic mass is 9.90. The predicted octanol–water partition coefficient (Wildman–Crippen LogP) is 1.76. The Labute approximate surface area is 142 Å². The van der Waals surface area contributed by atoms with Crippen LogP contribution >= 0.6 is 11.6 Å². The molecule has 0 bridgehead atoms. The Morgan fingerprint density at radius 1 is 1.13 bits per heavy atom. The van der Waals surface area contributed by atoms with E-state index in [2.05, 4.69) is 10.2 Å². The number of piperazine rings is 1. The van der Waals surface area contributed by atoms with Crippen molar-refractivity contribution in [3.8, 4) is 0 Å². The normalized spacial score (nSPS) is 16.3. The summed E-state index contributed by atoms with van der Waals surface area (Å²) in [6, 6.07) is 7.28. The zero-order valence-electron chi connectivity index (χ0n) is 13.9. The van der Waals surface area contributed by atoms with Crippen molar-refractivity contribution in [3.05, 3.63) is 34.9 Å². The van der Waals surface area contributed by atoms with Gasteiger partial charge >= 0.3 is 0 Å². The second-order valence-corrected chi connectivity index (χ2v) is 6.97. The van der Waals surface area contributed by atoms with Crippen molar-refractivity contribution in [3.63, 3.8) is 0 Å². The molecule has 0 saturated carbocycles. The quantitative estimate of drug-likeness (QED) is 0.852. The van der Waals surface area contributed by atoms with Crippen LogP contribution < -0.4 is 5.32 Å². The molecular formula is C17H24ClN3O2. The first-order valence-corrected chi connectivity index (χ1v) is 8.19. The molecule has 0 unspecified atom stereocenters. The molecule has 0 spiro atoms. The maximum Gasteiger partial charge on any atom is 0.237 e. The topological polar surface area (TPSA) is 52.7 Å². The molecule has 1 fully saturated rings. The number of nitrogens with one attached hydrogen (secondary N) is 1. The number of nitrogens with zero attached hydrogens (tertiary/aromatic N) is 2. The van der Waals surface area contributed by atoms with Crippen LogP contribution in [0.2, 0.25) is 5.02 Å². The fraction of sp³-hybridized carbons (Fsp3) is 0.529. The van der Waals surface area contributed by atoms with E-state index in [1.807, 2.05) is 19.2 Å². The second kappa shape index (κ2) is 7.32. The highest BCUT2D eigenvalue weighted by Gasteiger charge is 2.39. The summed E-state index contributed by atoms with van der Waals surface area (Å²) in [5, 5.41) is 3.51. The summed E-state index contributed by atoms with van der Waals surface area (Å²) in [6.07, 6.45) is 0. The number of rotatable bonds is 4. The number of benzene rings is 1. The van der Waals surface area contributed by atoms with Crippen LogP contribution in [0.25, 0.3) is 0 Å². The van der Waals surface area contributed by atoms with Gasteiger partial charge in [-0.25, -0.2) is 0 Å². The zero-order chi connectivity index (χ0) is 17.0. The Kier molecular flexibility index (Phi) is 5.65. The molecule has 1 N–H and O–H groups in total. The van der Waals surface area contributed by atoms with Crippen molar-refractivity contribution < 1.29 is 9.59 Å². The number of halogens is 1. The molecule has 1 aromatic rings. The third-order valence-electron chi connectivity index (χ3n) is 4.26. The van der Waals surface area contributed by atoms with Gasteiger partial charge in [0.25, 0.3) is 0 Å². The van der Waals surface area contributed by atoms with Gasteiger partial charge in [0, 0.05) is 37.7 Å². The first-order chi connectivity index (χ1) is 10.8. The molecule has 0 aromatic heterocycles. The number of carbonyl (C=O) groups is 2. The van der Waals surface area contributed by atoms with Gasteiger partial charge in [-0.3, -0.25) is 9.59 Å². The van der Waals surface area contributed by atoms with Crippen molar-refractivity contribution in [2.75, 3.05) is 33.2 Å². The fourth-order valence-electron chi connectivity index (χ4n) is 2.51. The van der Waals surface area contributed by atoms with Crippen LogP contribution in [-0.2, 0) is 16.1 Å². The molecule has 1 saturated heterocycles. The van der Waals surface area contributed by atoms with Crippen molar-refractivity contribution in [1.82, 2.24) is 15.1 Å². The van der Waals surface area contributed by atoms with Gasteiger partial charge in [-0.2, -0.15) is 0 Å². The molecule has 1 aliphatic heterocycles. The lowest BCUT2D eigenvalue weighted by Crippen LogP contribution is -2.54. The van der Waals surface area contributed by atoms with Crippen molar-refractivity contribution in [2.45, 2.75) is 20.4 Å². The van der Waals surface area contributed by atoms with Crippen LogP contribution in [0.15, 0.2) is 24.3 Å². The van der Waals surface area contributed by atoms with Gasteiger partial charge in [0.05, 0.1) is 0 Å². The highest BCUT2D eigenvalue weighted by Crippen LogP contribution is 2.21. The molecule has 0 aliphatic carbocycles. The summed E-state index contributed by atoms with van der Waals surface area (Å²) in [5.74, 6) is -0.365. The third kappa shape index (κ3) is 4.45. The average molecular weight is 338 g/mol. The Balaban J connectivity index is 1.93. The lowest BCUT2D eigenvalue weighted by molar-refractivity contribution is -0.149. The van der Waals surface area contributed by atoms with E-state index in [-0.39, 0.29) is 11.8 Å². The summed E-state index contributed by atoms with van der Waals surface area (Å²) in [7, 11) is 2.03. The minimum absolute atomic E-state index is 0.112. The van der Waals surface area contributed by atoms with E-state index < -0.39 is 5.41 Å². The summed E-state index contributed by atoms with van der Waals surface area (Å²) in [4.78, 5) is 29.1. The second-order valence-electron chi connectivity index (χ2n) is 6.53. The summed E-state index contributed by atoms with van der Waals surface area (Å²) in [6.45, 7) is 6.78. The number of hydrogen-bond donors (Lipinski definition) is 1. The monoisotopic (exact) mass is 337 g/mol. The largest absolute Gasteiger partial charge is 0.351 e. The van der Waals surface area contributed by atoms with Crippen molar-refractivity contribution in [1.29, 1.82) is 0 Å². The number of hydrogen-bond acceptors (Lipinski definition) is 3. The standard InChI is InChI=1S/C17H24ClN3O2/c1-17(2,16(23)21-10-8-20(3)9-11-21)15(22)19-12-13-4-6-14(18)7-5-13/h4-7H,8-12H2,1-3H3,(H,19,22). The Hall–Kier alpha value is -1.59. The van der Waals surface area contributed by atoms with Crippen molar-refractivity contribution >= 4 is 23.4 Å². The van der Waals surface area contributed by atoms with E-state index in [9.17, 15) is 9.59 Å². The minimum Gasteiger partial charge on any atom is -0.351 e. The minimum atomic E-state index is -1.07. The smallest absolute Gasteiger partial charge is 0.237 e. The van der Waals surface area contributed by atoms with Gasteiger partial charge < -0.3 is 15.1 Å².